The maximum atomic E-state index is 14.6. The van der Waals surface area contributed by atoms with Crippen LogP contribution in [0.4, 0.5) is 4.39 Å². The Balaban J connectivity index is 1.36. The second kappa shape index (κ2) is 7.95. The minimum Gasteiger partial charge on any atom is -0.349 e. The number of rotatable bonds is 3. The quantitative estimate of drug-likeness (QED) is 0.666. The molecule has 0 spiro atoms. The number of carbonyl (C=O) groups excluding carboxylic acids is 2. The van der Waals surface area contributed by atoms with Crippen LogP contribution in [0.25, 0.3) is 0 Å². The Bertz CT molecular complexity index is 977. The number of nitrogens with zero attached hydrogens (tertiary/aromatic N) is 1. The second-order valence-electron chi connectivity index (χ2n) is 11.6. The van der Waals surface area contributed by atoms with Crippen LogP contribution < -0.4 is 5.32 Å². The molecule has 2 amide bonds. The van der Waals surface area contributed by atoms with Gasteiger partial charge in [0, 0.05) is 24.4 Å². The Hall–Kier alpha value is -2.17. The molecule has 4 nitrogen and oxygen atoms in total. The van der Waals surface area contributed by atoms with Crippen LogP contribution in [0.15, 0.2) is 42.2 Å². The van der Waals surface area contributed by atoms with E-state index in [4.69, 9.17) is 0 Å². The van der Waals surface area contributed by atoms with E-state index in [2.05, 4.69) is 38.2 Å². The van der Waals surface area contributed by atoms with Gasteiger partial charge in [0.15, 0.2) is 5.83 Å². The van der Waals surface area contributed by atoms with Gasteiger partial charge in [0.25, 0.3) is 5.91 Å². The summed E-state index contributed by atoms with van der Waals surface area (Å²) >= 11 is 0. The molecular formula is C28H37FN2O2. The van der Waals surface area contributed by atoms with Crippen LogP contribution in [-0.4, -0.2) is 29.8 Å². The molecule has 1 N–H and O–H groups in total. The molecule has 1 aromatic carbocycles. The molecule has 0 bridgehead atoms. The Morgan fingerprint density at radius 3 is 2.55 bits per heavy atom. The van der Waals surface area contributed by atoms with E-state index in [0.29, 0.717) is 17.8 Å². The average Bonchev–Trinajstić information content (AvgIpc) is 3.15. The molecule has 4 aliphatic rings. The fraction of sp³-hybridized carbons (Fsp3) is 0.643. The van der Waals surface area contributed by atoms with E-state index < -0.39 is 11.7 Å². The SMILES string of the molecule is CC(NC(=O)[C@H]1CC[C@H]2[C@@H]3CC[C@H]4N(C)C(=O)C(F)=C[C@]4(C)[C@H]3CC[C@]12C)c1ccccc1. The molecule has 3 aliphatic carbocycles. The Morgan fingerprint density at radius 1 is 1.09 bits per heavy atom. The number of halogens is 1. The van der Waals surface area contributed by atoms with Crippen molar-refractivity contribution in [3.63, 3.8) is 0 Å². The number of carbonyl (C=O) groups is 2. The van der Waals surface area contributed by atoms with Crippen molar-refractivity contribution >= 4 is 11.8 Å². The minimum atomic E-state index is -0.594. The van der Waals surface area contributed by atoms with Gasteiger partial charge < -0.3 is 10.2 Å². The lowest BCUT2D eigenvalue weighted by Crippen LogP contribution is -2.60. The van der Waals surface area contributed by atoms with E-state index in [9.17, 15) is 14.0 Å². The lowest BCUT2D eigenvalue weighted by atomic mass is 9.47. The summed E-state index contributed by atoms with van der Waals surface area (Å²) in [6.45, 7) is 6.56. The van der Waals surface area contributed by atoms with Crippen molar-refractivity contribution < 1.29 is 14.0 Å². The van der Waals surface area contributed by atoms with Crippen molar-refractivity contribution in [3.05, 3.63) is 47.8 Å². The normalized spacial score (nSPS) is 40.9. The van der Waals surface area contributed by atoms with E-state index in [1.807, 2.05) is 18.2 Å². The first kappa shape index (κ1) is 22.6. The Kier molecular flexibility index (Phi) is 5.45. The summed E-state index contributed by atoms with van der Waals surface area (Å²) in [5.41, 5.74) is 0.799. The van der Waals surface area contributed by atoms with Crippen LogP contribution in [0.3, 0.4) is 0 Å². The fourth-order valence-electron chi connectivity index (χ4n) is 8.40. The first-order chi connectivity index (χ1) is 15.7. The third kappa shape index (κ3) is 3.37. The van der Waals surface area contributed by atoms with Crippen LogP contribution >= 0.6 is 0 Å². The number of amides is 2. The number of nitrogens with one attached hydrogen (secondary N) is 1. The zero-order chi connectivity index (χ0) is 23.5. The molecule has 178 valence electrons. The van der Waals surface area contributed by atoms with Crippen molar-refractivity contribution in [1.82, 2.24) is 10.2 Å². The van der Waals surface area contributed by atoms with Crippen LogP contribution in [0.2, 0.25) is 0 Å². The van der Waals surface area contributed by atoms with Gasteiger partial charge in [0.1, 0.15) is 0 Å². The molecule has 1 unspecified atom stereocenters. The third-order valence-electron chi connectivity index (χ3n) is 10.1. The molecule has 8 atom stereocenters. The minimum absolute atomic E-state index is 0.00420. The standard InChI is InChI=1S/C28H37FN2O2/c1-17(18-8-6-5-7-9-18)30-25(32)22-12-11-20-19-10-13-24-28(3,16-23(29)26(33)31(24)4)21(19)14-15-27(20,22)2/h5-9,16-17,19-22,24H,10-15H2,1-4H3,(H,30,32)/t17?,19-,20-,21-,22+,24+,27-,28+/m0/s1. The van der Waals surface area contributed by atoms with Gasteiger partial charge in [-0.15, -0.1) is 0 Å². The summed E-state index contributed by atoms with van der Waals surface area (Å²) in [6, 6.07) is 10.2. The Labute approximate surface area is 197 Å². The van der Waals surface area contributed by atoms with Gasteiger partial charge >= 0.3 is 0 Å². The number of hydrogen-bond acceptors (Lipinski definition) is 2. The second-order valence-corrected chi connectivity index (χ2v) is 11.6. The maximum absolute atomic E-state index is 14.6. The van der Waals surface area contributed by atoms with E-state index in [1.165, 1.54) is 0 Å². The lowest BCUT2D eigenvalue weighted by Gasteiger charge is -2.60. The lowest BCUT2D eigenvalue weighted by molar-refractivity contribution is -0.145. The highest BCUT2D eigenvalue weighted by atomic mass is 19.1. The fourth-order valence-corrected chi connectivity index (χ4v) is 8.40. The summed E-state index contributed by atoms with van der Waals surface area (Å²) in [5, 5.41) is 3.30. The third-order valence-corrected chi connectivity index (χ3v) is 10.1. The molecule has 0 radical (unpaired) electrons. The van der Waals surface area contributed by atoms with Gasteiger partial charge in [0.2, 0.25) is 5.91 Å². The molecular weight excluding hydrogens is 415 g/mol. The van der Waals surface area contributed by atoms with Gasteiger partial charge in [-0.05, 0) is 80.3 Å². The summed E-state index contributed by atoms with van der Waals surface area (Å²) in [4.78, 5) is 27.4. The van der Waals surface area contributed by atoms with Gasteiger partial charge in [-0.3, -0.25) is 9.59 Å². The van der Waals surface area contributed by atoms with Gasteiger partial charge in [-0.2, -0.15) is 0 Å². The summed E-state index contributed by atoms with van der Waals surface area (Å²) in [6.07, 6.45) is 7.61. The number of benzene rings is 1. The van der Waals surface area contributed by atoms with E-state index in [1.54, 1.807) is 18.0 Å². The summed E-state index contributed by atoms with van der Waals surface area (Å²) in [5.74, 6) is 0.481. The van der Waals surface area contributed by atoms with Crippen LogP contribution in [0, 0.1) is 34.5 Å². The number of hydrogen-bond donors (Lipinski definition) is 1. The van der Waals surface area contributed by atoms with Crippen molar-refractivity contribution in [2.75, 3.05) is 7.05 Å². The molecule has 1 aromatic rings. The average molecular weight is 453 g/mol. The highest BCUT2D eigenvalue weighted by Crippen LogP contribution is 2.65. The zero-order valence-corrected chi connectivity index (χ0v) is 20.3. The van der Waals surface area contributed by atoms with Crippen LogP contribution in [-0.2, 0) is 9.59 Å². The van der Waals surface area contributed by atoms with E-state index in [-0.39, 0.29) is 34.7 Å². The first-order valence-electron chi connectivity index (χ1n) is 12.7. The van der Waals surface area contributed by atoms with E-state index >= 15 is 0 Å². The summed E-state index contributed by atoms with van der Waals surface area (Å²) in [7, 11) is 1.76. The van der Waals surface area contributed by atoms with Crippen molar-refractivity contribution in [3.8, 4) is 0 Å². The zero-order valence-electron chi connectivity index (χ0n) is 20.3. The summed E-state index contributed by atoms with van der Waals surface area (Å²) < 4.78 is 14.6. The molecule has 3 saturated carbocycles. The molecule has 3 fully saturated rings. The largest absolute Gasteiger partial charge is 0.349 e. The van der Waals surface area contributed by atoms with Crippen LogP contribution in [0.5, 0.6) is 0 Å². The van der Waals surface area contributed by atoms with Gasteiger partial charge in [-0.25, -0.2) is 4.39 Å². The molecule has 0 aromatic heterocycles. The predicted octanol–water partition coefficient (Wildman–Crippen LogP) is 5.42. The highest BCUT2D eigenvalue weighted by molar-refractivity contribution is 5.92. The molecule has 1 aliphatic heterocycles. The highest BCUT2D eigenvalue weighted by Gasteiger charge is 2.62. The molecule has 5 heteroatoms. The maximum Gasteiger partial charge on any atom is 0.282 e. The predicted molar refractivity (Wildman–Crippen MR) is 127 cm³/mol. The molecule has 5 rings (SSSR count). The smallest absolute Gasteiger partial charge is 0.282 e. The van der Waals surface area contributed by atoms with Crippen molar-refractivity contribution in [2.45, 2.75) is 71.4 Å². The van der Waals surface area contributed by atoms with Gasteiger partial charge in [-0.1, -0.05) is 44.2 Å². The molecule has 0 saturated heterocycles. The Morgan fingerprint density at radius 2 is 1.82 bits per heavy atom. The molecule has 33 heavy (non-hydrogen) atoms. The molecule has 1 heterocycles. The van der Waals surface area contributed by atoms with Crippen LogP contribution in [0.1, 0.15) is 70.9 Å². The monoisotopic (exact) mass is 452 g/mol. The van der Waals surface area contributed by atoms with Crippen molar-refractivity contribution in [2.24, 2.45) is 34.5 Å². The first-order valence-corrected chi connectivity index (χ1v) is 12.7. The number of likely N-dealkylation sites (N-methyl/N-ethyl adjacent to an activating group) is 1. The topological polar surface area (TPSA) is 49.4 Å². The van der Waals surface area contributed by atoms with Crippen molar-refractivity contribution in [1.29, 1.82) is 0 Å². The number of fused-ring (bicyclic) bond motifs is 5. The van der Waals surface area contributed by atoms with E-state index in [0.717, 1.165) is 44.1 Å². The van der Waals surface area contributed by atoms with Gasteiger partial charge in [0.05, 0.1) is 6.04 Å².